The van der Waals surface area contributed by atoms with E-state index in [1.807, 2.05) is 0 Å². The van der Waals surface area contributed by atoms with Crippen molar-refractivity contribution in [3.63, 3.8) is 0 Å². The highest BCUT2D eigenvalue weighted by molar-refractivity contribution is 7.89. The van der Waals surface area contributed by atoms with E-state index in [1.165, 1.54) is 24.4 Å². The van der Waals surface area contributed by atoms with Crippen LogP contribution in [0.2, 0.25) is 0 Å². The summed E-state index contributed by atoms with van der Waals surface area (Å²) in [6.07, 6.45) is 1.40. The molecule has 0 bridgehead atoms. The van der Waals surface area contributed by atoms with Crippen molar-refractivity contribution in [1.29, 1.82) is 0 Å². The van der Waals surface area contributed by atoms with Crippen LogP contribution >= 0.6 is 0 Å². The average molecular weight is 313 g/mol. The molecule has 0 spiro atoms. The molecule has 0 fully saturated rings. The molecule has 1 aromatic heterocycles. The van der Waals surface area contributed by atoms with Gasteiger partial charge in [0.15, 0.2) is 11.6 Å². The number of hydrogen-bond donors (Lipinski definition) is 2. The fraction of sp³-hybridized carbons (Fsp3) is 0.154. The Labute approximate surface area is 120 Å². The Morgan fingerprint density at radius 1 is 1.24 bits per heavy atom. The third-order valence-corrected chi connectivity index (χ3v) is 3.82. The van der Waals surface area contributed by atoms with Crippen LogP contribution in [0, 0.1) is 11.6 Å². The van der Waals surface area contributed by atoms with Gasteiger partial charge in [-0.3, -0.25) is 0 Å². The molecule has 3 N–H and O–H groups in total. The number of nitrogens with zero attached hydrogens (tertiary/aromatic N) is 1. The quantitative estimate of drug-likeness (QED) is 0.906. The molecule has 5 nitrogen and oxygen atoms in total. The van der Waals surface area contributed by atoms with Gasteiger partial charge in [-0.05, 0) is 36.8 Å². The number of rotatable bonds is 4. The van der Waals surface area contributed by atoms with Crippen LogP contribution < -0.4 is 10.5 Å². The Hall–Kier alpha value is -2.06. The molecule has 0 unspecified atom stereocenters. The number of benzene rings is 1. The number of sulfonamides is 1. The molecule has 0 aliphatic carbocycles. The molecule has 0 amide bonds. The van der Waals surface area contributed by atoms with Crippen molar-refractivity contribution >= 4 is 15.8 Å². The number of hydrogen-bond acceptors (Lipinski definition) is 4. The number of nitrogens with one attached hydrogen (secondary N) is 1. The number of nitrogens with two attached hydrogens (primary N) is 1. The molecule has 2 aromatic rings. The van der Waals surface area contributed by atoms with E-state index in [4.69, 9.17) is 5.14 Å². The molecule has 112 valence electrons. The van der Waals surface area contributed by atoms with Crippen LogP contribution in [0.1, 0.15) is 18.5 Å². The maximum absolute atomic E-state index is 13.2. The Kier molecular flexibility index (Phi) is 4.19. The van der Waals surface area contributed by atoms with E-state index >= 15 is 0 Å². The highest BCUT2D eigenvalue weighted by Gasteiger charge is 2.17. The average Bonchev–Trinajstić information content (AvgIpc) is 2.41. The van der Waals surface area contributed by atoms with E-state index in [2.05, 4.69) is 10.3 Å². The second-order valence-electron chi connectivity index (χ2n) is 4.43. The molecule has 8 heteroatoms. The summed E-state index contributed by atoms with van der Waals surface area (Å²) in [7, 11) is -3.94. The minimum atomic E-state index is -3.94. The minimum absolute atomic E-state index is 0.0530. The molecule has 2 rings (SSSR count). The van der Waals surface area contributed by atoms with E-state index in [9.17, 15) is 17.2 Å². The molecule has 1 aromatic carbocycles. The summed E-state index contributed by atoms with van der Waals surface area (Å²) in [5, 5.41) is 7.92. The van der Waals surface area contributed by atoms with Crippen molar-refractivity contribution in [1.82, 2.24) is 4.98 Å². The lowest BCUT2D eigenvalue weighted by Crippen LogP contribution is -2.17. The first kappa shape index (κ1) is 15.3. The summed E-state index contributed by atoms with van der Waals surface area (Å²) in [5.74, 6) is -1.87. The second-order valence-corrected chi connectivity index (χ2v) is 5.96. The highest BCUT2D eigenvalue weighted by atomic mass is 32.2. The second kappa shape index (κ2) is 5.74. The fourth-order valence-corrected chi connectivity index (χ4v) is 2.45. The SMILES string of the molecule is C[C@@H](Nc1ncccc1S(N)(=O)=O)c1ccc(F)c(F)c1. The first-order chi connectivity index (χ1) is 9.79. The molecule has 21 heavy (non-hydrogen) atoms. The first-order valence-electron chi connectivity index (χ1n) is 5.98. The van der Waals surface area contributed by atoms with Gasteiger partial charge in [-0.2, -0.15) is 0 Å². The minimum Gasteiger partial charge on any atom is -0.362 e. The van der Waals surface area contributed by atoms with Gasteiger partial charge in [-0.1, -0.05) is 6.07 Å². The Bertz CT molecular complexity index is 766. The largest absolute Gasteiger partial charge is 0.362 e. The van der Waals surface area contributed by atoms with Crippen LogP contribution in [0.5, 0.6) is 0 Å². The van der Waals surface area contributed by atoms with Crippen molar-refractivity contribution in [2.75, 3.05) is 5.32 Å². The molecule has 0 aliphatic rings. The van der Waals surface area contributed by atoms with Crippen LogP contribution in [-0.4, -0.2) is 13.4 Å². The van der Waals surface area contributed by atoms with Crippen molar-refractivity contribution in [2.24, 2.45) is 5.14 Å². The maximum Gasteiger partial charge on any atom is 0.241 e. The number of pyridine rings is 1. The van der Waals surface area contributed by atoms with Gasteiger partial charge in [0.2, 0.25) is 10.0 Å². The Morgan fingerprint density at radius 3 is 2.57 bits per heavy atom. The number of primary sulfonamides is 1. The first-order valence-corrected chi connectivity index (χ1v) is 7.53. The van der Waals surface area contributed by atoms with Gasteiger partial charge in [-0.15, -0.1) is 0 Å². The third-order valence-electron chi connectivity index (χ3n) is 2.87. The normalized spacial score (nSPS) is 13.0. The van der Waals surface area contributed by atoms with Gasteiger partial charge in [0, 0.05) is 6.20 Å². The van der Waals surface area contributed by atoms with Crippen molar-refractivity contribution in [3.05, 3.63) is 53.7 Å². The topological polar surface area (TPSA) is 85.1 Å². The predicted molar refractivity (Wildman–Crippen MR) is 74.0 cm³/mol. The van der Waals surface area contributed by atoms with Crippen LogP contribution in [0.3, 0.4) is 0 Å². The zero-order chi connectivity index (χ0) is 15.6. The smallest absolute Gasteiger partial charge is 0.241 e. The van der Waals surface area contributed by atoms with Gasteiger partial charge in [0.1, 0.15) is 10.7 Å². The van der Waals surface area contributed by atoms with E-state index in [-0.39, 0.29) is 10.7 Å². The molecule has 0 radical (unpaired) electrons. The fourth-order valence-electron chi connectivity index (χ4n) is 1.80. The molecule has 1 heterocycles. The van der Waals surface area contributed by atoms with Gasteiger partial charge in [0.05, 0.1) is 6.04 Å². The lowest BCUT2D eigenvalue weighted by molar-refractivity contribution is 0.506. The number of anilines is 1. The number of halogens is 2. The van der Waals surface area contributed by atoms with Crippen molar-refractivity contribution in [2.45, 2.75) is 17.9 Å². The zero-order valence-corrected chi connectivity index (χ0v) is 11.9. The van der Waals surface area contributed by atoms with Crippen molar-refractivity contribution < 1.29 is 17.2 Å². The Morgan fingerprint density at radius 2 is 1.95 bits per heavy atom. The van der Waals surface area contributed by atoms with Gasteiger partial charge in [0.25, 0.3) is 0 Å². The third kappa shape index (κ3) is 3.53. The van der Waals surface area contributed by atoms with E-state index in [0.29, 0.717) is 5.56 Å². The molecule has 0 saturated heterocycles. The standard InChI is InChI=1S/C13H13F2N3O2S/c1-8(9-4-5-10(14)11(15)7-9)18-13-12(21(16,19)20)3-2-6-17-13/h2-8H,1H3,(H,17,18)(H2,16,19,20)/t8-/m1/s1. The summed E-state index contributed by atoms with van der Waals surface area (Å²) in [5.41, 5.74) is 0.444. The predicted octanol–water partition coefficient (Wildman–Crippen LogP) is 2.18. The van der Waals surface area contributed by atoms with E-state index in [0.717, 1.165) is 12.1 Å². The summed E-state index contributed by atoms with van der Waals surface area (Å²) in [4.78, 5) is 3.75. The van der Waals surface area contributed by atoms with E-state index in [1.54, 1.807) is 6.92 Å². The molecule has 0 aliphatic heterocycles. The summed E-state index contributed by atoms with van der Waals surface area (Å²) in [6.45, 7) is 1.66. The molecular formula is C13H13F2N3O2S. The zero-order valence-electron chi connectivity index (χ0n) is 11.0. The highest BCUT2D eigenvalue weighted by Crippen LogP contribution is 2.23. The summed E-state index contributed by atoms with van der Waals surface area (Å²) >= 11 is 0. The van der Waals surface area contributed by atoms with Crippen LogP contribution in [0.15, 0.2) is 41.4 Å². The van der Waals surface area contributed by atoms with Crippen LogP contribution in [0.4, 0.5) is 14.6 Å². The lowest BCUT2D eigenvalue weighted by Gasteiger charge is -2.16. The summed E-state index contributed by atoms with van der Waals surface area (Å²) in [6, 6.07) is 5.69. The monoisotopic (exact) mass is 313 g/mol. The van der Waals surface area contributed by atoms with Gasteiger partial charge >= 0.3 is 0 Å². The Balaban J connectivity index is 2.32. The lowest BCUT2D eigenvalue weighted by atomic mass is 10.1. The van der Waals surface area contributed by atoms with Crippen LogP contribution in [0.25, 0.3) is 0 Å². The van der Waals surface area contributed by atoms with Gasteiger partial charge in [-0.25, -0.2) is 27.3 Å². The number of aromatic nitrogens is 1. The van der Waals surface area contributed by atoms with Gasteiger partial charge < -0.3 is 5.32 Å². The molecular weight excluding hydrogens is 300 g/mol. The molecule has 1 atom stereocenters. The molecule has 0 saturated carbocycles. The van der Waals surface area contributed by atoms with E-state index < -0.39 is 27.7 Å². The van der Waals surface area contributed by atoms with Crippen LogP contribution in [-0.2, 0) is 10.0 Å². The van der Waals surface area contributed by atoms with Crippen molar-refractivity contribution in [3.8, 4) is 0 Å². The maximum atomic E-state index is 13.2. The summed E-state index contributed by atoms with van der Waals surface area (Å²) < 4.78 is 49.0.